The van der Waals surface area contributed by atoms with E-state index in [9.17, 15) is 0 Å². The Hall–Kier alpha value is -0.860. The molecule has 3 unspecified atom stereocenters. The molecule has 2 nitrogen and oxygen atoms in total. The first-order valence-corrected chi connectivity index (χ1v) is 6.71. The van der Waals surface area contributed by atoms with Gasteiger partial charge in [-0.1, -0.05) is 38.0 Å². The summed E-state index contributed by atoms with van der Waals surface area (Å²) in [6.45, 7) is 3.87. The van der Waals surface area contributed by atoms with Crippen LogP contribution in [0.15, 0.2) is 18.2 Å². The van der Waals surface area contributed by atoms with Gasteiger partial charge in [-0.05, 0) is 34.9 Å². The number of hydrogen-bond donors (Lipinski definition) is 1. The Morgan fingerprint density at radius 2 is 2.06 bits per heavy atom. The van der Waals surface area contributed by atoms with Crippen molar-refractivity contribution in [1.29, 1.82) is 0 Å². The van der Waals surface area contributed by atoms with E-state index in [0.717, 1.165) is 19.1 Å². The molecule has 1 aromatic rings. The molecule has 0 aromatic heterocycles. The fraction of sp³-hybridized carbons (Fsp3) is 0.600. The van der Waals surface area contributed by atoms with Crippen LogP contribution in [-0.2, 0) is 18.0 Å². The molecule has 1 aliphatic heterocycles. The highest BCUT2D eigenvalue weighted by molar-refractivity contribution is 5.34. The highest BCUT2D eigenvalue weighted by Gasteiger charge is 2.30. The fourth-order valence-corrected chi connectivity index (χ4v) is 3.35. The Bertz CT molecular complexity index is 415. The third kappa shape index (κ3) is 2.00. The lowest BCUT2D eigenvalue weighted by Crippen LogP contribution is -2.23. The average Bonchev–Trinajstić information content (AvgIpc) is 2.95. The second kappa shape index (κ2) is 4.43. The van der Waals surface area contributed by atoms with Gasteiger partial charge in [-0.25, -0.2) is 0 Å². The van der Waals surface area contributed by atoms with Crippen LogP contribution in [-0.4, -0.2) is 0 Å². The summed E-state index contributed by atoms with van der Waals surface area (Å²) in [6.07, 6.45) is 3.97. The number of rotatable bonds is 2. The molecule has 92 valence electrons. The van der Waals surface area contributed by atoms with Crippen LogP contribution in [0.5, 0.6) is 0 Å². The van der Waals surface area contributed by atoms with Crippen molar-refractivity contribution in [2.45, 2.75) is 45.4 Å². The first-order valence-electron chi connectivity index (χ1n) is 6.71. The zero-order chi connectivity index (χ0) is 11.8. The molecule has 3 rings (SSSR count). The maximum atomic E-state index is 6.44. The smallest absolute Gasteiger partial charge is 0.0725 e. The van der Waals surface area contributed by atoms with Gasteiger partial charge < -0.3 is 10.5 Å². The minimum Gasteiger partial charge on any atom is -0.372 e. The first-order chi connectivity index (χ1) is 8.25. The summed E-state index contributed by atoms with van der Waals surface area (Å²) in [7, 11) is 0. The minimum absolute atomic E-state index is 0.207. The van der Waals surface area contributed by atoms with E-state index in [1.54, 1.807) is 0 Å². The van der Waals surface area contributed by atoms with Crippen LogP contribution in [0.25, 0.3) is 0 Å². The van der Waals surface area contributed by atoms with Crippen LogP contribution in [0.4, 0.5) is 0 Å². The summed E-state index contributed by atoms with van der Waals surface area (Å²) < 4.78 is 5.46. The first kappa shape index (κ1) is 11.2. The van der Waals surface area contributed by atoms with Crippen molar-refractivity contribution in [1.82, 2.24) is 0 Å². The summed E-state index contributed by atoms with van der Waals surface area (Å²) in [4.78, 5) is 0. The summed E-state index contributed by atoms with van der Waals surface area (Å²) in [5.74, 6) is 1.44. The average molecular weight is 231 g/mol. The summed E-state index contributed by atoms with van der Waals surface area (Å²) in [5, 5.41) is 0. The van der Waals surface area contributed by atoms with E-state index in [1.807, 2.05) is 0 Å². The van der Waals surface area contributed by atoms with E-state index >= 15 is 0 Å². The molecule has 0 bridgehead atoms. The number of fused-ring (bicyclic) bond motifs is 1. The molecule has 1 aliphatic carbocycles. The predicted molar refractivity (Wildman–Crippen MR) is 68.4 cm³/mol. The van der Waals surface area contributed by atoms with E-state index in [-0.39, 0.29) is 6.04 Å². The van der Waals surface area contributed by atoms with Gasteiger partial charge in [-0.3, -0.25) is 0 Å². The Morgan fingerprint density at radius 3 is 2.82 bits per heavy atom. The molecule has 2 N–H and O–H groups in total. The van der Waals surface area contributed by atoms with Gasteiger partial charge in [0.25, 0.3) is 0 Å². The van der Waals surface area contributed by atoms with Gasteiger partial charge in [0.15, 0.2) is 0 Å². The molecule has 0 spiro atoms. The maximum absolute atomic E-state index is 6.44. The van der Waals surface area contributed by atoms with Gasteiger partial charge in [-0.15, -0.1) is 0 Å². The predicted octanol–water partition coefficient (Wildman–Crippen LogP) is 3.15. The zero-order valence-corrected chi connectivity index (χ0v) is 10.5. The minimum atomic E-state index is 0.207. The van der Waals surface area contributed by atoms with Gasteiger partial charge >= 0.3 is 0 Å². The SMILES string of the molecule is CC1CCCC1C(N)c1ccc2c(c1)COC2. The Morgan fingerprint density at radius 1 is 1.24 bits per heavy atom. The van der Waals surface area contributed by atoms with Crippen LogP contribution in [0.3, 0.4) is 0 Å². The van der Waals surface area contributed by atoms with Crippen molar-refractivity contribution in [3.05, 3.63) is 34.9 Å². The second-order valence-corrected chi connectivity index (χ2v) is 5.62. The monoisotopic (exact) mass is 231 g/mol. The van der Waals surface area contributed by atoms with Crippen molar-refractivity contribution in [3.63, 3.8) is 0 Å². The molecular formula is C15H21NO. The van der Waals surface area contributed by atoms with E-state index in [0.29, 0.717) is 5.92 Å². The lowest BCUT2D eigenvalue weighted by molar-refractivity contribution is 0.134. The van der Waals surface area contributed by atoms with Crippen molar-refractivity contribution in [2.24, 2.45) is 17.6 Å². The molecule has 1 heterocycles. The van der Waals surface area contributed by atoms with Crippen LogP contribution in [0.2, 0.25) is 0 Å². The standard InChI is InChI=1S/C15H21NO/c1-10-3-2-4-14(10)15(16)11-5-6-12-8-17-9-13(12)7-11/h5-7,10,14-15H,2-4,8-9,16H2,1H3. The largest absolute Gasteiger partial charge is 0.372 e. The van der Waals surface area contributed by atoms with E-state index in [2.05, 4.69) is 25.1 Å². The molecule has 1 fully saturated rings. The van der Waals surface area contributed by atoms with Crippen molar-refractivity contribution in [3.8, 4) is 0 Å². The van der Waals surface area contributed by atoms with Crippen molar-refractivity contribution < 1.29 is 4.74 Å². The summed E-state index contributed by atoms with van der Waals surface area (Å²) in [6, 6.07) is 6.86. The number of ether oxygens (including phenoxy) is 1. The highest BCUT2D eigenvalue weighted by Crippen LogP contribution is 2.39. The fourth-order valence-electron chi connectivity index (χ4n) is 3.35. The zero-order valence-electron chi connectivity index (χ0n) is 10.5. The number of nitrogens with two attached hydrogens (primary N) is 1. The van der Waals surface area contributed by atoms with Crippen LogP contribution < -0.4 is 5.73 Å². The molecule has 2 heteroatoms. The van der Waals surface area contributed by atoms with Crippen molar-refractivity contribution in [2.75, 3.05) is 0 Å². The van der Waals surface area contributed by atoms with Crippen LogP contribution in [0.1, 0.15) is 48.9 Å². The van der Waals surface area contributed by atoms with Crippen LogP contribution >= 0.6 is 0 Å². The molecule has 3 atom stereocenters. The second-order valence-electron chi connectivity index (χ2n) is 5.62. The quantitative estimate of drug-likeness (QED) is 0.848. The summed E-state index contributed by atoms with van der Waals surface area (Å²) in [5.41, 5.74) is 10.4. The normalized spacial score (nSPS) is 29.3. The van der Waals surface area contributed by atoms with Gasteiger partial charge in [0, 0.05) is 6.04 Å². The molecule has 0 amide bonds. The molecule has 0 radical (unpaired) electrons. The maximum Gasteiger partial charge on any atom is 0.0725 e. The van der Waals surface area contributed by atoms with E-state index < -0.39 is 0 Å². The van der Waals surface area contributed by atoms with Crippen molar-refractivity contribution >= 4 is 0 Å². The third-order valence-corrected chi connectivity index (χ3v) is 4.52. The van der Waals surface area contributed by atoms with E-state index in [1.165, 1.54) is 36.0 Å². The Balaban J connectivity index is 1.83. The Labute approximate surface area is 103 Å². The highest BCUT2D eigenvalue weighted by atomic mass is 16.5. The molecule has 1 saturated carbocycles. The van der Waals surface area contributed by atoms with Gasteiger partial charge in [0.05, 0.1) is 13.2 Å². The Kier molecular flexibility index (Phi) is 2.93. The number of hydrogen-bond acceptors (Lipinski definition) is 2. The third-order valence-electron chi connectivity index (χ3n) is 4.52. The van der Waals surface area contributed by atoms with Gasteiger partial charge in [-0.2, -0.15) is 0 Å². The van der Waals surface area contributed by atoms with Gasteiger partial charge in [0.2, 0.25) is 0 Å². The summed E-state index contributed by atoms with van der Waals surface area (Å²) >= 11 is 0. The molecule has 2 aliphatic rings. The molecule has 17 heavy (non-hydrogen) atoms. The molecule has 1 aromatic carbocycles. The van der Waals surface area contributed by atoms with Gasteiger partial charge in [0.1, 0.15) is 0 Å². The molecule has 0 saturated heterocycles. The molecular weight excluding hydrogens is 210 g/mol. The van der Waals surface area contributed by atoms with E-state index in [4.69, 9.17) is 10.5 Å². The topological polar surface area (TPSA) is 35.2 Å². The number of benzene rings is 1. The van der Waals surface area contributed by atoms with Crippen LogP contribution in [0, 0.1) is 11.8 Å². The lowest BCUT2D eigenvalue weighted by atomic mass is 9.86. The lowest BCUT2D eigenvalue weighted by Gasteiger charge is -2.24.